The van der Waals surface area contributed by atoms with Crippen LogP contribution in [0.2, 0.25) is 0 Å². The lowest BCUT2D eigenvalue weighted by Gasteiger charge is -2.11. The topological polar surface area (TPSA) is 71.7 Å². The lowest BCUT2D eigenvalue weighted by atomic mass is 10.1. The molecule has 0 saturated heterocycles. The average molecular weight is 344 g/mol. The van der Waals surface area contributed by atoms with Crippen LogP contribution in [-0.2, 0) is 11.3 Å². The maximum atomic E-state index is 5.56. The zero-order valence-corrected chi connectivity index (χ0v) is 15.5. The number of rotatable bonds is 8. The van der Waals surface area contributed by atoms with E-state index in [1.807, 2.05) is 38.1 Å². The van der Waals surface area contributed by atoms with Crippen LogP contribution in [0.4, 0.5) is 0 Å². The molecule has 1 aromatic carbocycles. The Kier molecular flexibility index (Phi) is 7.47. The van der Waals surface area contributed by atoms with Crippen LogP contribution in [0.15, 0.2) is 39.9 Å². The van der Waals surface area contributed by atoms with Crippen LogP contribution in [0.1, 0.15) is 31.5 Å². The quantitative estimate of drug-likeness (QED) is 0.437. The minimum absolute atomic E-state index is 0.271. The fraction of sp³-hybridized carbons (Fsp3) is 0.474. The number of nitrogens with one attached hydrogen (secondary N) is 2. The van der Waals surface area contributed by atoms with Gasteiger partial charge >= 0.3 is 0 Å². The molecule has 0 aliphatic heterocycles. The number of nitrogens with zero attached hydrogens (tertiary/aromatic N) is 2. The Morgan fingerprint density at radius 3 is 2.68 bits per heavy atom. The Morgan fingerprint density at radius 1 is 1.24 bits per heavy atom. The monoisotopic (exact) mass is 344 g/mol. The number of guanidine groups is 1. The fourth-order valence-corrected chi connectivity index (χ4v) is 2.21. The van der Waals surface area contributed by atoms with Gasteiger partial charge in [-0.05, 0) is 39.3 Å². The fourth-order valence-electron chi connectivity index (χ4n) is 2.21. The van der Waals surface area contributed by atoms with Crippen molar-refractivity contribution < 1.29 is 9.15 Å². The molecule has 0 unspecified atom stereocenters. The van der Waals surface area contributed by atoms with Gasteiger partial charge in [-0.2, -0.15) is 0 Å². The number of aromatic nitrogens is 1. The average Bonchev–Trinajstić information content (AvgIpc) is 3.06. The molecule has 1 aromatic heterocycles. The summed E-state index contributed by atoms with van der Waals surface area (Å²) < 4.78 is 11.1. The normalized spacial score (nSPS) is 11.8. The number of ether oxygens (including phenoxy) is 1. The van der Waals surface area contributed by atoms with Crippen LogP contribution >= 0.6 is 0 Å². The largest absolute Gasteiger partial charge is 0.444 e. The summed E-state index contributed by atoms with van der Waals surface area (Å²) in [7, 11) is 1.75. The maximum absolute atomic E-state index is 5.56. The molecular formula is C19H28N4O2. The predicted molar refractivity (Wildman–Crippen MR) is 101 cm³/mol. The Bertz CT molecular complexity index is 662. The Morgan fingerprint density at radius 2 is 2.00 bits per heavy atom. The molecule has 0 fully saturated rings. The molecule has 2 aromatic rings. The van der Waals surface area contributed by atoms with Crippen molar-refractivity contribution in [1.29, 1.82) is 0 Å². The van der Waals surface area contributed by atoms with Crippen molar-refractivity contribution >= 4 is 5.96 Å². The van der Waals surface area contributed by atoms with Gasteiger partial charge in [0.2, 0.25) is 5.89 Å². The van der Waals surface area contributed by atoms with E-state index in [1.165, 1.54) is 5.56 Å². The zero-order chi connectivity index (χ0) is 18.1. The second-order valence-corrected chi connectivity index (χ2v) is 6.14. The summed E-state index contributed by atoms with van der Waals surface area (Å²) in [5, 5.41) is 6.49. The molecule has 1 heterocycles. The third-order valence-corrected chi connectivity index (χ3v) is 3.58. The van der Waals surface area contributed by atoms with E-state index >= 15 is 0 Å². The first-order valence-electron chi connectivity index (χ1n) is 8.66. The van der Waals surface area contributed by atoms with Gasteiger partial charge in [-0.1, -0.05) is 17.7 Å². The molecule has 136 valence electrons. The van der Waals surface area contributed by atoms with E-state index in [0.29, 0.717) is 12.4 Å². The second-order valence-electron chi connectivity index (χ2n) is 6.14. The van der Waals surface area contributed by atoms with Crippen LogP contribution in [0, 0.1) is 6.92 Å². The number of hydrogen-bond acceptors (Lipinski definition) is 4. The van der Waals surface area contributed by atoms with Gasteiger partial charge in [-0.25, -0.2) is 4.98 Å². The summed E-state index contributed by atoms with van der Waals surface area (Å²) in [5.41, 5.74) is 3.03. The van der Waals surface area contributed by atoms with Gasteiger partial charge in [0.05, 0.1) is 18.3 Å². The van der Waals surface area contributed by atoms with Gasteiger partial charge in [-0.3, -0.25) is 4.99 Å². The summed E-state index contributed by atoms with van der Waals surface area (Å²) in [6.07, 6.45) is 2.87. The molecule has 6 nitrogen and oxygen atoms in total. The van der Waals surface area contributed by atoms with Gasteiger partial charge in [0.1, 0.15) is 6.26 Å². The molecular weight excluding hydrogens is 316 g/mol. The van der Waals surface area contributed by atoms with Crippen molar-refractivity contribution in [3.8, 4) is 11.5 Å². The van der Waals surface area contributed by atoms with Gasteiger partial charge in [0.15, 0.2) is 5.96 Å². The van der Waals surface area contributed by atoms with E-state index in [9.17, 15) is 0 Å². The van der Waals surface area contributed by atoms with Gasteiger partial charge < -0.3 is 19.8 Å². The first kappa shape index (κ1) is 19.0. The minimum Gasteiger partial charge on any atom is -0.444 e. The van der Waals surface area contributed by atoms with E-state index in [1.54, 1.807) is 13.3 Å². The molecule has 25 heavy (non-hydrogen) atoms. The van der Waals surface area contributed by atoms with Crippen LogP contribution < -0.4 is 10.6 Å². The molecule has 0 aliphatic carbocycles. The summed E-state index contributed by atoms with van der Waals surface area (Å²) in [6, 6.07) is 8.12. The molecule has 2 N–H and O–H groups in total. The molecule has 0 atom stereocenters. The predicted octanol–water partition coefficient (Wildman–Crippen LogP) is 3.13. The number of hydrogen-bond donors (Lipinski definition) is 2. The van der Waals surface area contributed by atoms with E-state index < -0.39 is 0 Å². The number of oxazole rings is 1. The summed E-state index contributed by atoms with van der Waals surface area (Å²) in [6.45, 7) is 8.23. The Labute approximate surface area is 149 Å². The Hall–Kier alpha value is -2.34. The van der Waals surface area contributed by atoms with Crippen molar-refractivity contribution in [3.05, 3.63) is 41.8 Å². The maximum Gasteiger partial charge on any atom is 0.226 e. The highest BCUT2D eigenvalue weighted by Gasteiger charge is 2.07. The molecule has 6 heteroatoms. The van der Waals surface area contributed by atoms with Gasteiger partial charge in [-0.15, -0.1) is 0 Å². The molecule has 0 amide bonds. The van der Waals surface area contributed by atoms with Gasteiger partial charge in [0.25, 0.3) is 0 Å². The number of benzene rings is 1. The highest BCUT2D eigenvalue weighted by molar-refractivity contribution is 5.79. The molecule has 0 radical (unpaired) electrons. The highest BCUT2D eigenvalue weighted by Crippen LogP contribution is 2.18. The van der Waals surface area contributed by atoms with Crippen molar-refractivity contribution in [2.24, 2.45) is 4.99 Å². The van der Waals surface area contributed by atoms with Crippen LogP contribution in [0.5, 0.6) is 0 Å². The van der Waals surface area contributed by atoms with Crippen LogP contribution in [0.25, 0.3) is 11.5 Å². The molecule has 0 saturated carbocycles. The van der Waals surface area contributed by atoms with Crippen LogP contribution in [-0.4, -0.2) is 37.2 Å². The molecule has 0 bridgehead atoms. The van der Waals surface area contributed by atoms with E-state index in [4.69, 9.17) is 9.15 Å². The molecule has 0 aliphatic rings. The van der Waals surface area contributed by atoms with Crippen molar-refractivity contribution in [3.63, 3.8) is 0 Å². The highest BCUT2D eigenvalue weighted by atomic mass is 16.5. The number of aliphatic imine (C=N–C) groups is 1. The van der Waals surface area contributed by atoms with Crippen molar-refractivity contribution in [2.75, 3.05) is 20.2 Å². The standard InChI is InChI=1S/C19H28N4O2/c1-14(2)24-11-5-10-21-19(20-4)22-12-17-13-25-18(23-17)16-8-6-15(3)7-9-16/h6-9,13-14H,5,10-12H2,1-4H3,(H2,20,21,22). The smallest absolute Gasteiger partial charge is 0.226 e. The van der Waals surface area contributed by atoms with Gasteiger partial charge in [0, 0.05) is 25.8 Å². The second kappa shape index (κ2) is 9.84. The summed E-state index contributed by atoms with van der Waals surface area (Å²) in [4.78, 5) is 8.72. The van der Waals surface area contributed by atoms with Crippen molar-refractivity contribution in [1.82, 2.24) is 15.6 Å². The van der Waals surface area contributed by atoms with Crippen LogP contribution in [0.3, 0.4) is 0 Å². The first-order chi connectivity index (χ1) is 12.1. The van der Waals surface area contributed by atoms with Crippen molar-refractivity contribution in [2.45, 2.75) is 39.8 Å². The van der Waals surface area contributed by atoms with E-state index in [0.717, 1.165) is 36.8 Å². The Balaban J connectivity index is 1.77. The number of aryl methyl sites for hydroxylation is 1. The summed E-state index contributed by atoms with van der Waals surface area (Å²) >= 11 is 0. The lowest BCUT2D eigenvalue weighted by molar-refractivity contribution is 0.0776. The third kappa shape index (κ3) is 6.58. The summed E-state index contributed by atoms with van der Waals surface area (Å²) in [5.74, 6) is 1.37. The third-order valence-electron chi connectivity index (χ3n) is 3.58. The first-order valence-corrected chi connectivity index (χ1v) is 8.66. The molecule has 0 spiro atoms. The van der Waals surface area contributed by atoms with E-state index in [2.05, 4.69) is 27.5 Å². The minimum atomic E-state index is 0.271. The lowest BCUT2D eigenvalue weighted by Crippen LogP contribution is -2.37. The zero-order valence-electron chi connectivity index (χ0n) is 15.5. The molecule has 2 rings (SSSR count). The SMILES string of the molecule is CN=C(NCCCOC(C)C)NCc1coc(-c2ccc(C)cc2)n1. The van der Waals surface area contributed by atoms with E-state index in [-0.39, 0.29) is 6.10 Å².